The fourth-order valence-electron chi connectivity index (χ4n) is 6.54. The zero-order chi connectivity index (χ0) is 15.1. The van der Waals surface area contributed by atoms with E-state index in [0.29, 0.717) is 0 Å². The molecule has 0 radical (unpaired) electrons. The van der Waals surface area contributed by atoms with Gasteiger partial charge >= 0.3 is 0 Å². The summed E-state index contributed by atoms with van der Waals surface area (Å²) in [5.74, 6) is 3.00. The lowest BCUT2D eigenvalue weighted by Crippen LogP contribution is -2.50. The molecule has 0 spiro atoms. The number of rotatable bonds is 3. The highest BCUT2D eigenvalue weighted by Gasteiger charge is 2.42. The van der Waals surface area contributed by atoms with Crippen molar-refractivity contribution in [3.8, 4) is 0 Å². The zero-order valence-corrected chi connectivity index (χ0v) is 14.8. The van der Waals surface area contributed by atoms with Crippen molar-refractivity contribution in [1.82, 2.24) is 9.80 Å². The molecule has 0 aromatic heterocycles. The Hall–Kier alpha value is -0.0800. The quantitative estimate of drug-likeness (QED) is 0.773. The van der Waals surface area contributed by atoms with E-state index in [9.17, 15) is 0 Å². The minimum absolute atomic E-state index is 0.921. The molecule has 4 fully saturated rings. The van der Waals surface area contributed by atoms with Gasteiger partial charge in [0.2, 0.25) is 0 Å². The molecule has 4 rings (SSSR count). The zero-order valence-electron chi connectivity index (χ0n) is 14.8. The van der Waals surface area contributed by atoms with Crippen LogP contribution in [0.3, 0.4) is 0 Å². The van der Waals surface area contributed by atoms with Crippen LogP contribution in [0.5, 0.6) is 0 Å². The highest BCUT2D eigenvalue weighted by atomic mass is 15.2. The van der Waals surface area contributed by atoms with Crippen LogP contribution in [0.1, 0.15) is 71.1 Å². The first-order valence-electron chi connectivity index (χ1n) is 10.2. The van der Waals surface area contributed by atoms with Crippen LogP contribution in [0, 0.1) is 17.8 Å². The number of piperidine rings is 2. The Morgan fingerprint density at radius 1 is 0.864 bits per heavy atom. The number of nitrogens with zero attached hydrogens (tertiary/aromatic N) is 2. The summed E-state index contributed by atoms with van der Waals surface area (Å²) in [6.07, 6.45) is 14.9. The molecular formula is C20H36N2. The van der Waals surface area contributed by atoms with Crippen molar-refractivity contribution < 1.29 is 0 Å². The van der Waals surface area contributed by atoms with Gasteiger partial charge in [0, 0.05) is 18.1 Å². The summed E-state index contributed by atoms with van der Waals surface area (Å²) in [5.41, 5.74) is 0. The SMILES string of the molecule is C[C@@H]1CCC2CCC1N2CC[C@H]1CCN(C)C2CCCCC21. The summed E-state index contributed by atoms with van der Waals surface area (Å²) in [7, 11) is 2.38. The molecule has 2 heteroatoms. The van der Waals surface area contributed by atoms with Gasteiger partial charge in [-0.05, 0) is 89.3 Å². The highest BCUT2D eigenvalue weighted by molar-refractivity contribution is 4.96. The van der Waals surface area contributed by atoms with Crippen LogP contribution >= 0.6 is 0 Å². The Kier molecular flexibility index (Phi) is 4.52. The van der Waals surface area contributed by atoms with Gasteiger partial charge < -0.3 is 4.90 Å². The van der Waals surface area contributed by atoms with Gasteiger partial charge in [0.25, 0.3) is 0 Å². The second kappa shape index (κ2) is 6.43. The lowest BCUT2D eigenvalue weighted by atomic mass is 9.71. The Bertz CT molecular complexity index is 382. The standard InChI is InChI=1S/C20H36N2/c1-15-7-8-17-9-10-19(15)22(17)14-12-16-11-13-21(2)20-6-4-3-5-18(16)20/h15-20H,3-14H2,1-2H3/t15-,16-,17?,18?,19?,20?/m1/s1. The summed E-state index contributed by atoms with van der Waals surface area (Å²) in [4.78, 5) is 5.64. The third kappa shape index (κ3) is 2.75. The van der Waals surface area contributed by atoms with Gasteiger partial charge in [-0.3, -0.25) is 4.90 Å². The number of hydrogen-bond donors (Lipinski definition) is 0. The van der Waals surface area contributed by atoms with E-state index in [1.54, 1.807) is 0 Å². The molecule has 3 aliphatic heterocycles. The number of likely N-dealkylation sites (tertiary alicyclic amines) is 1. The molecule has 0 N–H and O–H groups in total. The van der Waals surface area contributed by atoms with E-state index in [4.69, 9.17) is 0 Å². The van der Waals surface area contributed by atoms with Gasteiger partial charge in [-0.25, -0.2) is 0 Å². The largest absolute Gasteiger partial charge is 0.303 e. The third-order valence-corrected chi connectivity index (χ3v) is 7.87. The molecule has 1 aliphatic carbocycles. The van der Waals surface area contributed by atoms with E-state index in [1.807, 2.05) is 0 Å². The van der Waals surface area contributed by atoms with Crippen LogP contribution < -0.4 is 0 Å². The van der Waals surface area contributed by atoms with Crippen molar-refractivity contribution in [1.29, 1.82) is 0 Å². The van der Waals surface area contributed by atoms with E-state index in [2.05, 4.69) is 23.8 Å². The Balaban J connectivity index is 1.37. The second-order valence-electron chi connectivity index (χ2n) is 8.92. The van der Waals surface area contributed by atoms with Crippen molar-refractivity contribution >= 4 is 0 Å². The lowest BCUT2D eigenvalue weighted by molar-refractivity contribution is 0.0206. The molecule has 0 aromatic carbocycles. The molecule has 3 saturated heterocycles. The summed E-state index contributed by atoms with van der Waals surface area (Å²) >= 11 is 0. The first-order chi connectivity index (χ1) is 10.7. The monoisotopic (exact) mass is 304 g/mol. The van der Waals surface area contributed by atoms with Gasteiger partial charge in [0.1, 0.15) is 0 Å². The van der Waals surface area contributed by atoms with Crippen molar-refractivity contribution in [2.75, 3.05) is 20.1 Å². The van der Waals surface area contributed by atoms with Crippen LogP contribution in [-0.4, -0.2) is 48.1 Å². The smallest absolute Gasteiger partial charge is 0.0124 e. The van der Waals surface area contributed by atoms with Crippen LogP contribution in [0.2, 0.25) is 0 Å². The third-order valence-electron chi connectivity index (χ3n) is 7.87. The normalized spacial score (nSPS) is 46.6. The predicted molar refractivity (Wildman–Crippen MR) is 93.0 cm³/mol. The van der Waals surface area contributed by atoms with E-state index in [1.165, 1.54) is 77.3 Å². The molecule has 0 amide bonds. The van der Waals surface area contributed by atoms with E-state index < -0.39 is 0 Å². The lowest BCUT2D eigenvalue weighted by Gasteiger charge is -2.48. The molecule has 3 heterocycles. The van der Waals surface area contributed by atoms with E-state index >= 15 is 0 Å². The molecule has 0 aromatic rings. The topological polar surface area (TPSA) is 6.48 Å². The maximum absolute atomic E-state index is 2.95. The van der Waals surface area contributed by atoms with Gasteiger partial charge in [-0.1, -0.05) is 19.8 Å². The average molecular weight is 305 g/mol. The summed E-state index contributed by atoms with van der Waals surface area (Å²) < 4.78 is 0. The molecule has 2 nitrogen and oxygen atoms in total. The minimum atomic E-state index is 0.921. The maximum Gasteiger partial charge on any atom is 0.0124 e. The van der Waals surface area contributed by atoms with Crippen LogP contribution in [-0.2, 0) is 0 Å². The molecule has 126 valence electrons. The van der Waals surface area contributed by atoms with Gasteiger partial charge in [0.15, 0.2) is 0 Å². The average Bonchev–Trinajstić information content (AvgIpc) is 2.85. The van der Waals surface area contributed by atoms with Crippen molar-refractivity contribution in [2.24, 2.45) is 17.8 Å². The Labute approximate surface area is 137 Å². The summed E-state index contributed by atoms with van der Waals surface area (Å²) in [6, 6.07) is 2.81. The Morgan fingerprint density at radius 2 is 1.68 bits per heavy atom. The molecular weight excluding hydrogens is 268 g/mol. The minimum Gasteiger partial charge on any atom is -0.303 e. The first kappa shape index (κ1) is 15.4. The maximum atomic E-state index is 2.95. The molecule has 4 unspecified atom stereocenters. The van der Waals surface area contributed by atoms with Crippen LogP contribution in [0.15, 0.2) is 0 Å². The molecule has 6 atom stereocenters. The fraction of sp³-hybridized carbons (Fsp3) is 1.00. The second-order valence-corrected chi connectivity index (χ2v) is 8.92. The highest BCUT2D eigenvalue weighted by Crippen LogP contribution is 2.42. The Morgan fingerprint density at radius 3 is 2.59 bits per heavy atom. The van der Waals surface area contributed by atoms with Gasteiger partial charge in [-0.2, -0.15) is 0 Å². The molecule has 1 saturated carbocycles. The fourth-order valence-corrected chi connectivity index (χ4v) is 6.54. The summed E-state index contributed by atoms with van der Waals surface area (Å²) in [6.45, 7) is 5.28. The van der Waals surface area contributed by atoms with Crippen LogP contribution in [0.25, 0.3) is 0 Å². The van der Waals surface area contributed by atoms with Crippen molar-refractivity contribution in [3.05, 3.63) is 0 Å². The first-order valence-corrected chi connectivity index (χ1v) is 10.2. The molecule has 22 heavy (non-hydrogen) atoms. The summed E-state index contributed by atoms with van der Waals surface area (Å²) in [5, 5.41) is 0. The van der Waals surface area contributed by atoms with E-state index in [-0.39, 0.29) is 0 Å². The van der Waals surface area contributed by atoms with Gasteiger partial charge in [-0.15, -0.1) is 0 Å². The van der Waals surface area contributed by atoms with Crippen LogP contribution in [0.4, 0.5) is 0 Å². The number of hydrogen-bond acceptors (Lipinski definition) is 2. The van der Waals surface area contributed by atoms with E-state index in [0.717, 1.165) is 35.9 Å². The molecule has 4 aliphatic rings. The molecule has 2 bridgehead atoms. The van der Waals surface area contributed by atoms with Crippen molar-refractivity contribution in [3.63, 3.8) is 0 Å². The predicted octanol–water partition coefficient (Wildman–Crippen LogP) is 4.15. The van der Waals surface area contributed by atoms with Crippen molar-refractivity contribution in [2.45, 2.75) is 89.3 Å². The number of fused-ring (bicyclic) bond motifs is 3. The van der Waals surface area contributed by atoms with Gasteiger partial charge in [0.05, 0.1) is 0 Å².